The molecule has 0 bridgehead atoms. The molecule has 0 aliphatic carbocycles. The van der Waals surface area contributed by atoms with Crippen LogP contribution >= 0.6 is 11.8 Å². The van der Waals surface area contributed by atoms with Crippen LogP contribution in [0.2, 0.25) is 0 Å². The Hall–Kier alpha value is -3.64. The molecule has 2 aromatic heterocycles. The first-order chi connectivity index (χ1) is 15.2. The fraction of sp³-hybridized carbons (Fsp3) is 0.0800. The zero-order chi connectivity index (χ0) is 21.6. The van der Waals surface area contributed by atoms with Crippen molar-refractivity contribution in [3.63, 3.8) is 0 Å². The Labute approximate surface area is 185 Å². The lowest BCUT2D eigenvalue weighted by atomic mass is 10.0. The van der Waals surface area contributed by atoms with Crippen LogP contribution in [-0.4, -0.2) is 22.4 Å². The molecule has 0 fully saturated rings. The lowest BCUT2D eigenvalue weighted by Gasteiger charge is -2.11. The van der Waals surface area contributed by atoms with Crippen molar-refractivity contribution in [2.45, 2.75) is 11.5 Å². The van der Waals surface area contributed by atoms with Gasteiger partial charge in [-0.3, -0.25) is 4.98 Å². The van der Waals surface area contributed by atoms with Crippen molar-refractivity contribution in [3.8, 4) is 5.75 Å². The Bertz CT molecular complexity index is 1240. The number of hydrogen-bond donors (Lipinski definition) is 2. The van der Waals surface area contributed by atoms with Gasteiger partial charge in [-0.2, -0.15) is 0 Å². The van der Waals surface area contributed by atoms with Gasteiger partial charge in [-0.15, -0.1) is 11.8 Å². The number of nitrogens with two attached hydrogens (primary N) is 1. The van der Waals surface area contributed by atoms with E-state index in [1.807, 2.05) is 54.6 Å². The van der Waals surface area contributed by atoms with Crippen LogP contribution in [-0.2, 0) is 6.61 Å². The zero-order valence-electron chi connectivity index (χ0n) is 17.1. The minimum Gasteiger partial charge on any atom is -0.487 e. The summed E-state index contributed by atoms with van der Waals surface area (Å²) < 4.78 is 5.96. The lowest BCUT2D eigenvalue weighted by molar-refractivity contribution is 0.301. The normalized spacial score (nSPS) is 11.8. The van der Waals surface area contributed by atoms with Gasteiger partial charge >= 0.3 is 0 Å². The van der Waals surface area contributed by atoms with Crippen LogP contribution in [0.15, 0.2) is 84.0 Å². The van der Waals surface area contributed by atoms with Gasteiger partial charge in [-0.25, -0.2) is 4.98 Å². The van der Waals surface area contributed by atoms with Gasteiger partial charge in [0.2, 0.25) is 0 Å². The van der Waals surface area contributed by atoms with E-state index in [-0.39, 0.29) is 0 Å². The number of benzene rings is 2. The summed E-state index contributed by atoms with van der Waals surface area (Å²) in [7, 11) is 0. The van der Waals surface area contributed by atoms with Gasteiger partial charge in [0.1, 0.15) is 12.4 Å². The van der Waals surface area contributed by atoms with Crippen LogP contribution < -0.4 is 10.5 Å². The minimum absolute atomic E-state index is 0.381. The number of fused-ring (bicyclic) bond motifs is 1. The van der Waals surface area contributed by atoms with Crippen LogP contribution in [0.4, 0.5) is 0 Å². The molecule has 0 radical (unpaired) electrons. The third-order valence-electron chi connectivity index (χ3n) is 4.93. The molecule has 0 aliphatic rings. The molecule has 0 saturated carbocycles. The molecule has 2 heterocycles. The second-order valence-electron chi connectivity index (χ2n) is 6.85. The maximum absolute atomic E-state index is 7.75. The first-order valence-electron chi connectivity index (χ1n) is 9.76. The summed E-state index contributed by atoms with van der Waals surface area (Å²) in [6.45, 7) is 0.381. The molecular weight excluding hydrogens is 404 g/mol. The largest absolute Gasteiger partial charge is 0.487 e. The molecule has 2 aromatic carbocycles. The molecule has 6 heteroatoms. The van der Waals surface area contributed by atoms with E-state index >= 15 is 0 Å². The number of pyridine rings is 2. The molecule has 0 unspecified atom stereocenters. The second-order valence-corrected chi connectivity index (χ2v) is 7.70. The van der Waals surface area contributed by atoms with Crippen molar-refractivity contribution in [1.29, 1.82) is 5.41 Å². The Morgan fingerprint density at radius 1 is 1.03 bits per heavy atom. The first kappa shape index (κ1) is 20.6. The van der Waals surface area contributed by atoms with E-state index in [0.717, 1.165) is 33.5 Å². The van der Waals surface area contributed by atoms with E-state index in [1.165, 1.54) is 11.1 Å². The molecule has 3 N–H and O–H groups in total. The number of aromatic nitrogens is 2. The molecule has 0 spiro atoms. The highest BCUT2D eigenvalue weighted by atomic mass is 32.2. The number of para-hydroxylation sites is 1. The fourth-order valence-corrected chi connectivity index (χ4v) is 3.98. The van der Waals surface area contributed by atoms with Crippen molar-refractivity contribution in [2.75, 3.05) is 6.26 Å². The Morgan fingerprint density at radius 2 is 1.77 bits per heavy atom. The first-order valence-corrected chi connectivity index (χ1v) is 11.0. The van der Waals surface area contributed by atoms with Crippen molar-refractivity contribution >= 4 is 40.1 Å². The number of rotatable bonds is 7. The van der Waals surface area contributed by atoms with Gasteiger partial charge < -0.3 is 15.9 Å². The lowest BCUT2D eigenvalue weighted by Crippen LogP contribution is -2.03. The number of thioether (sulfide) groups is 1. The van der Waals surface area contributed by atoms with Gasteiger partial charge in [-0.1, -0.05) is 18.2 Å². The predicted molar refractivity (Wildman–Crippen MR) is 128 cm³/mol. The fourth-order valence-electron chi connectivity index (χ4n) is 3.33. The Kier molecular flexibility index (Phi) is 6.29. The van der Waals surface area contributed by atoms with Crippen molar-refractivity contribution in [2.24, 2.45) is 5.73 Å². The number of nitrogens with one attached hydrogen (secondary N) is 1. The molecule has 0 amide bonds. The second kappa shape index (κ2) is 9.45. The molecule has 0 aliphatic heterocycles. The molecule has 4 rings (SSSR count). The van der Waals surface area contributed by atoms with Crippen molar-refractivity contribution < 1.29 is 4.74 Å². The highest BCUT2D eigenvalue weighted by Gasteiger charge is 2.08. The maximum Gasteiger partial charge on any atom is 0.130 e. The van der Waals surface area contributed by atoms with E-state index in [4.69, 9.17) is 20.9 Å². The molecule has 31 heavy (non-hydrogen) atoms. The van der Waals surface area contributed by atoms with Crippen molar-refractivity contribution in [3.05, 3.63) is 95.9 Å². The number of hydrogen-bond acceptors (Lipinski definition) is 6. The minimum atomic E-state index is 0.381. The third kappa shape index (κ3) is 4.59. The highest BCUT2D eigenvalue weighted by Crippen LogP contribution is 2.27. The Morgan fingerprint density at radius 3 is 2.48 bits per heavy atom. The van der Waals surface area contributed by atoms with Gasteiger partial charge in [0.05, 0.1) is 11.2 Å². The summed E-state index contributed by atoms with van der Waals surface area (Å²) in [6.07, 6.45) is 6.71. The maximum atomic E-state index is 7.75. The summed E-state index contributed by atoms with van der Waals surface area (Å²) in [5.74, 6) is 0.734. The molecule has 154 valence electrons. The van der Waals surface area contributed by atoms with E-state index < -0.39 is 0 Å². The highest BCUT2D eigenvalue weighted by molar-refractivity contribution is 7.98. The Balaban J connectivity index is 1.52. The summed E-state index contributed by atoms with van der Waals surface area (Å²) >= 11 is 1.71. The molecule has 4 aromatic rings. The summed E-state index contributed by atoms with van der Waals surface area (Å²) in [5, 5.41) is 8.91. The quantitative estimate of drug-likeness (QED) is 0.305. The van der Waals surface area contributed by atoms with E-state index in [9.17, 15) is 0 Å². The summed E-state index contributed by atoms with van der Waals surface area (Å²) in [4.78, 5) is 9.92. The topological polar surface area (TPSA) is 84.9 Å². The number of ether oxygens (including phenoxy) is 1. The molecule has 0 atom stereocenters. The van der Waals surface area contributed by atoms with Crippen LogP contribution in [0.25, 0.3) is 22.2 Å². The summed E-state index contributed by atoms with van der Waals surface area (Å²) in [5.41, 5.74) is 11.1. The standard InChI is InChI=1S/C25H22N4OS/c1-31-24-14-19(29-23-5-3-2-4-21(23)24)16-30-20-8-6-18(7-9-20)25(27)22(15-26)17-10-12-28-13-11-17/h2-15,26H,16,27H2,1H3. The van der Waals surface area contributed by atoms with E-state index in [1.54, 1.807) is 24.2 Å². The SMILES string of the molecule is CSc1cc(COc2ccc(C(N)=C(C=N)c3ccncc3)cc2)nc2ccccc12. The van der Waals surface area contributed by atoms with Crippen LogP contribution in [0, 0.1) is 5.41 Å². The van der Waals surface area contributed by atoms with Gasteiger partial charge in [0.15, 0.2) is 0 Å². The number of nitrogens with zero attached hydrogens (tertiary/aromatic N) is 2. The third-order valence-corrected chi connectivity index (χ3v) is 5.71. The molecular formula is C25H22N4OS. The van der Waals surface area contributed by atoms with Gasteiger partial charge in [-0.05, 0) is 65.9 Å². The smallest absolute Gasteiger partial charge is 0.130 e. The number of allylic oxidation sites excluding steroid dienone is 1. The molecule has 0 saturated heterocycles. The predicted octanol–water partition coefficient (Wildman–Crippen LogP) is 5.41. The zero-order valence-corrected chi connectivity index (χ0v) is 17.9. The van der Waals surface area contributed by atoms with E-state index in [2.05, 4.69) is 23.4 Å². The van der Waals surface area contributed by atoms with Crippen molar-refractivity contribution in [1.82, 2.24) is 9.97 Å². The van der Waals surface area contributed by atoms with Crippen LogP contribution in [0.1, 0.15) is 16.8 Å². The van der Waals surface area contributed by atoms with Crippen LogP contribution in [0.3, 0.4) is 0 Å². The van der Waals surface area contributed by atoms with Gasteiger partial charge in [0, 0.05) is 40.2 Å². The monoisotopic (exact) mass is 426 g/mol. The van der Waals surface area contributed by atoms with Gasteiger partial charge in [0.25, 0.3) is 0 Å². The average Bonchev–Trinajstić information content (AvgIpc) is 2.83. The van der Waals surface area contributed by atoms with Crippen LogP contribution in [0.5, 0.6) is 5.75 Å². The summed E-state index contributed by atoms with van der Waals surface area (Å²) in [6, 6.07) is 21.4. The van der Waals surface area contributed by atoms with E-state index in [0.29, 0.717) is 17.9 Å². The molecule has 5 nitrogen and oxygen atoms in total. The average molecular weight is 427 g/mol.